The van der Waals surface area contributed by atoms with Gasteiger partial charge in [-0.15, -0.1) is 0 Å². The van der Waals surface area contributed by atoms with Gasteiger partial charge in [-0.25, -0.2) is 0 Å². The van der Waals surface area contributed by atoms with Crippen LogP contribution in [0.1, 0.15) is 26.7 Å². The molecule has 1 aromatic carbocycles. The normalized spacial score (nSPS) is 21.0. The summed E-state index contributed by atoms with van der Waals surface area (Å²) in [5.74, 6) is 0.754. The summed E-state index contributed by atoms with van der Waals surface area (Å²) in [7, 11) is 0. The Bertz CT molecular complexity index is 510. The predicted octanol–water partition coefficient (Wildman–Crippen LogP) is 3.78. The number of likely N-dealkylation sites (tertiary alicyclic amines) is 1. The molecule has 6 heteroatoms. The molecule has 2 rings (SSSR count). The fraction of sp³-hybridized carbons (Fsp3) is 0.600. The topological polar surface area (TPSA) is 58.4 Å². The van der Waals surface area contributed by atoms with Crippen molar-refractivity contribution >= 4 is 23.0 Å². The minimum absolute atomic E-state index is 0.0171. The molecule has 0 aromatic heterocycles. The minimum atomic E-state index is -0.437. The molecule has 1 heterocycles. The molecular weight excluding hydrogens is 290 g/mol. The maximum Gasteiger partial charge on any atom is 0.271 e. The van der Waals surface area contributed by atoms with Crippen molar-refractivity contribution in [1.29, 1.82) is 0 Å². The minimum Gasteiger partial charge on any atom is -0.382 e. The molecular formula is C15H22ClN3O2. The number of halogens is 1. The van der Waals surface area contributed by atoms with Gasteiger partial charge in [-0.2, -0.15) is 0 Å². The van der Waals surface area contributed by atoms with Crippen LogP contribution in [-0.2, 0) is 0 Å². The van der Waals surface area contributed by atoms with Gasteiger partial charge in [0.25, 0.3) is 5.69 Å². The van der Waals surface area contributed by atoms with Crippen LogP contribution in [0.5, 0.6) is 0 Å². The Hall–Kier alpha value is -1.33. The lowest BCUT2D eigenvalue weighted by molar-refractivity contribution is -0.384. The lowest BCUT2D eigenvalue weighted by atomic mass is 9.99. The highest BCUT2D eigenvalue weighted by atomic mass is 35.5. The van der Waals surface area contributed by atoms with Gasteiger partial charge in [-0.3, -0.25) is 15.0 Å². The van der Waals surface area contributed by atoms with E-state index in [-0.39, 0.29) is 5.69 Å². The molecule has 0 saturated carbocycles. The first-order valence-electron chi connectivity index (χ1n) is 7.39. The van der Waals surface area contributed by atoms with Crippen molar-refractivity contribution in [2.75, 3.05) is 25.0 Å². The van der Waals surface area contributed by atoms with E-state index in [2.05, 4.69) is 24.1 Å². The molecule has 5 nitrogen and oxygen atoms in total. The van der Waals surface area contributed by atoms with Gasteiger partial charge < -0.3 is 5.32 Å². The van der Waals surface area contributed by atoms with E-state index in [0.717, 1.165) is 31.2 Å². The Morgan fingerprint density at radius 1 is 1.57 bits per heavy atom. The predicted molar refractivity (Wildman–Crippen MR) is 86.0 cm³/mol. The second-order valence-electron chi connectivity index (χ2n) is 5.89. The van der Waals surface area contributed by atoms with Gasteiger partial charge in [-0.1, -0.05) is 18.5 Å². The van der Waals surface area contributed by atoms with Crippen LogP contribution in [0.2, 0.25) is 5.02 Å². The van der Waals surface area contributed by atoms with Crippen LogP contribution in [0.25, 0.3) is 0 Å². The van der Waals surface area contributed by atoms with Gasteiger partial charge in [0.2, 0.25) is 0 Å². The SMILES string of the molecule is CC1CCCN(C(C)CNc2ccc([N+](=O)[O-])cc2Cl)C1. The molecule has 1 fully saturated rings. The van der Waals surface area contributed by atoms with Gasteiger partial charge >= 0.3 is 0 Å². The van der Waals surface area contributed by atoms with Gasteiger partial charge in [0.1, 0.15) is 0 Å². The Kier molecular flexibility index (Phi) is 5.42. The second-order valence-corrected chi connectivity index (χ2v) is 6.30. The van der Waals surface area contributed by atoms with E-state index in [9.17, 15) is 10.1 Å². The number of nitro benzene ring substituents is 1. The third-order valence-electron chi connectivity index (χ3n) is 4.06. The standard InChI is InChI=1S/C15H22ClN3O2/c1-11-4-3-7-18(10-11)12(2)9-17-15-6-5-13(19(20)21)8-14(15)16/h5-6,8,11-12,17H,3-4,7,9-10H2,1-2H3. The molecule has 1 N–H and O–H groups in total. The molecule has 0 radical (unpaired) electrons. The van der Waals surface area contributed by atoms with Crippen LogP contribution < -0.4 is 5.32 Å². The highest BCUT2D eigenvalue weighted by Crippen LogP contribution is 2.27. The van der Waals surface area contributed by atoms with Crippen LogP contribution in [0.15, 0.2) is 18.2 Å². The summed E-state index contributed by atoms with van der Waals surface area (Å²) in [6.45, 7) is 7.55. The van der Waals surface area contributed by atoms with Crippen molar-refractivity contribution in [3.63, 3.8) is 0 Å². The van der Waals surface area contributed by atoms with Gasteiger partial charge in [0, 0.05) is 31.3 Å². The summed E-state index contributed by atoms with van der Waals surface area (Å²) >= 11 is 6.09. The highest BCUT2D eigenvalue weighted by Gasteiger charge is 2.21. The number of benzene rings is 1. The number of non-ortho nitro benzene ring substituents is 1. The average molecular weight is 312 g/mol. The first-order valence-corrected chi connectivity index (χ1v) is 7.77. The molecule has 0 bridgehead atoms. The summed E-state index contributed by atoms with van der Waals surface area (Å²) in [5, 5.41) is 14.4. The molecule has 116 valence electrons. The lowest BCUT2D eigenvalue weighted by Gasteiger charge is -2.35. The number of hydrogen-bond donors (Lipinski definition) is 1. The van der Waals surface area contributed by atoms with Crippen LogP contribution in [0, 0.1) is 16.0 Å². The number of nitrogens with zero attached hydrogens (tertiary/aromatic N) is 2. The van der Waals surface area contributed by atoms with E-state index in [1.54, 1.807) is 6.07 Å². The average Bonchev–Trinajstić information content (AvgIpc) is 2.45. The van der Waals surface area contributed by atoms with Gasteiger partial charge in [-0.05, 0) is 38.3 Å². The van der Waals surface area contributed by atoms with E-state index in [1.807, 2.05) is 0 Å². The highest BCUT2D eigenvalue weighted by molar-refractivity contribution is 6.33. The molecule has 2 atom stereocenters. The monoisotopic (exact) mass is 311 g/mol. The third-order valence-corrected chi connectivity index (χ3v) is 4.38. The largest absolute Gasteiger partial charge is 0.382 e. The number of nitrogens with one attached hydrogen (secondary N) is 1. The number of nitro groups is 1. The Balaban J connectivity index is 1.91. The Morgan fingerprint density at radius 3 is 2.95 bits per heavy atom. The van der Waals surface area contributed by atoms with Gasteiger partial charge in [0.05, 0.1) is 15.6 Å². The van der Waals surface area contributed by atoms with Crippen molar-refractivity contribution in [3.05, 3.63) is 33.3 Å². The molecule has 21 heavy (non-hydrogen) atoms. The van der Waals surface area contributed by atoms with Crippen molar-refractivity contribution < 1.29 is 4.92 Å². The zero-order chi connectivity index (χ0) is 15.4. The zero-order valence-corrected chi connectivity index (χ0v) is 13.3. The van der Waals surface area contributed by atoms with Crippen molar-refractivity contribution in [2.45, 2.75) is 32.7 Å². The Morgan fingerprint density at radius 2 is 2.33 bits per heavy atom. The summed E-state index contributed by atoms with van der Waals surface area (Å²) in [5.41, 5.74) is 0.766. The number of rotatable bonds is 5. The number of hydrogen-bond acceptors (Lipinski definition) is 4. The van der Waals surface area contributed by atoms with E-state index in [0.29, 0.717) is 11.1 Å². The molecule has 0 amide bonds. The smallest absolute Gasteiger partial charge is 0.271 e. The molecule has 2 unspecified atom stereocenters. The van der Waals surface area contributed by atoms with E-state index in [4.69, 9.17) is 11.6 Å². The van der Waals surface area contributed by atoms with Crippen molar-refractivity contribution in [1.82, 2.24) is 4.90 Å². The maximum atomic E-state index is 10.7. The first kappa shape index (κ1) is 16.0. The van der Waals surface area contributed by atoms with Crippen LogP contribution in [0.3, 0.4) is 0 Å². The van der Waals surface area contributed by atoms with Crippen LogP contribution in [0.4, 0.5) is 11.4 Å². The lowest BCUT2D eigenvalue weighted by Crippen LogP contribution is -2.43. The number of piperidine rings is 1. The molecule has 1 aliphatic rings. The molecule has 1 aliphatic heterocycles. The fourth-order valence-corrected chi connectivity index (χ4v) is 3.02. The zero-order valence-electron chi connectivity index (χ0n) is 12.5. The van der Waals surface area contributed by atoms with Crippen molar-refractivity contribution in [3.8, 4) is 0 Å². The van der Waals surface area contributed by atoms with Gasteiger partial charge in [0.15, 0.2) is 0 Å². The summed E-state index contributed by atoms with van der Waals surface area (Å²) in [6, 6.07) is 4.95. The first-order chi connectivity index (χ1) is 9.97. The summed E-state index contributed by atoms with van der Waals surface area (Å²) in [4.78, 5) is 12.7. The molecule has 1 aromatic rings. The second kappa shape index (κ2) is 7.09. The van der Waals surface area contributed by atoms with E-state index in [1.165, 1.54) is 25.0 Å². The van der Waals surface area contributed by atoms with Crippen molar-refractivity contribution in [2.24, 2.45) is 5.92 Å². The Labute approximate surface area is 130 Å². The fourth-order valence-electron chi connectivity index (χ4n) is 2.77. The third kappa shape index (κ3) is 4.32. The van der Waals surface area contributed by atoms with E-state index >= 15 is 0 Å². The molecule has 1 saturated heterocycles. The summed E-state index contributed by atoms with van der Waals surface area (Å²) in [6.07, 6.45) is 2.56. The molecule has 0 spiro atoms. The molecule has 0 aliphatic carbocycles. The van der Waals surface area contributed by atoms with E-state index < -0.39 is 4.92 Å². The maximum absolute atomic E-state index is 10.7. The van der Waals surface area contributed by atoms with Crippen LogP contribution >= 0.6 is 11.6 Å². The van der Waals surface area contributed by atoms with Crippen LogP contribution in [-0.4, -0.2) is 35.5 Å². The number of anilines is 1. The quantitative estimate of drug-likeness (QED) is 0.664. The summed E-state index contributed by atoms with van der Waals surface area (Å²) < 4.78 is 0.